The Labute approximate surface area is 141 Å². The van der Waals surface area contributed by atoms with Gasteiger partial charge in [0.15, 0.2) is 5.65 Å². The Morgan fingerprint density at radius 2 is 1.71 bits per heavy atom. The van der Waals surface area contributed by atoms with Gasteiger partial charge >= 0.3 is 0 Å². The summed E-state index contributed by atoms with van der Waals surface area (Å²) in [6.45, 7) is 9.53. The summed E-state index contributed by atoms with van der Waals surface area (Å²) in [6.07, 6.45) is 0. The smallest absolute Gasteiger partial charge is 0.161 e. The number of nitrogens with zero attached hydrogens (tertiary/aromatic N) is 4. The van der Waals surface area contributed by atoms with Crippen molar-refractivity contribution in [3.8, 4) is 11.3 Å². The third kappa shape index (κ3) is 2.55. The second-order valence-electron chi connectivity index (χ2n) is 6.43. The van der Waals surface area contributed by atoms with Crippen molar-refractivity contribution in [2.24, 2.45) is 0 Å². The monoisotopic (exact) mass is 322 g/mol. The molecule has 0 aliphatic carbocycles. The molecule has 0 radical (unpaired) electrons. The standard InChI is InChI=1S/C19H22N4O/c1-13-4-6-16(7-5-13)18-15(3)19-20-14(2)12-17(23(19)21-18)22-8-10-24-11-9-22/h4-7,12H,8-11H2,1-3H3. The van der Waals surface area contributed by atoms with Gasteiger partial charge in [0.05, 0.1) is 18.9 Å². The molecule has 1 aromatic carbocycles. The van der Waals surface area contributed by atoms with Crippen LogP contribution in [0.2, 0.25) is 0 Å². The molecule has 0 spiro atoms. The molecule has 0 saturated carbocycles. The lowest BCUT2D eigenvalue weighted by Gasteiger charge is -2.29. The fraction of sp³-hybridized carbons (Fsp3) is 0.368. The molecular weight excluding hydrogens is 300 g/mol. The summed E-state index contributed by atoms with van der Waals surface area (Å²) in [5.41, 5.74) is 6.46. The van der Waals surface area contributed by atoms with Crippen molar-refractivity contribution in [2.45, 2.75) is 20.8 Å². The summed E-state index contributed by atoms with van der Waals surface area (Å²) in [5, 5.41) is 4.90. The number of fused-ring (bicyclic) bond motifs is 1. The minimum atomic E-state index is 0.758. The Bertz CT molecular complexity index is 877. The number of aromatic nitrogens is 3. The van der Waals surface area contributed by atoms with Crippen LogP contribution in [-0.2, 0) is 4.74 Å². The number of anilines is 1. The first-order chi connectivity index (χ1) is 11.6. The predicted molar refractivity (Wildman–Crippen MR) is 95.7 cm³/mol. The van der Waals surface area contributed by atoms with Crippen LogP contribution in [0.4, 0.5) is 5.82 Å². The Balaban J connectivity index is 1.89. The van der Waals surface area contributed by atoms with E-state index < -0.39 is 0 Å². The zero-order valence-corrected chi connectivity index (χ0v) is 14.4. The van der Waals surface area contributed by atoms with E-state index in [0.717, 1.165) is 60.3 Å². The lowest BCUT2D eigenvalue weighted by Crippen LogP contribution is -2.37. The van der Waals surface area contributed by atoms with Gasteiger partial charge < -0.3 is 9.64 Å². The van der Waals surface area contributed by atoms with Crippen LogP contribution in [0.3, 0.4) is 0 Å². The van der Waals surface area contributed by atoms with Crippen molar-refractivity contribution in [2.75, 3.05) is 31.2 Å². The molecule has 1 aliphatic heterocycles. The molecule has 4 rings (SSSR count). The van der Waals surface area contributed by atoms with E-state index in [1.165, 1.54) is 5.56 Å². The topological polar surface area (TPSA) is 42.7 Å². The SMILES string of the molecule is Cc1ccc(-c2nn3c(N4CCOCC4)cc(C)nc3c2C)cc1. The molecule has 5 nitrogen and oxygen atoms in total. The molecule has 0 atom stereocenters. The van der Waals surface area contributed by atoms with Gasteiger partial charge in [0.1, 0.15) is 5.82 Å². The van der Waals surface area contributed by atoms with Crippen LogP contribution in [0.1, 0.15) is 16.8 Å². The average molecular weight is 322 g/mol. The second kappa shape index (κ2) is 5.91. The minimum absolute atomic E-state index is 0.758. The maximum Gasteiger partial charge on any atom is 0.161 e. The Kier molecular flexibility index (Phi) is 3.73. The zero-order valence-electron chi connectivity index (χ0n) is 14.4. The van der Waals surface area contributed by atoms with Crippen molar-refractivity contribution in [1.29, 1.82) is 0 Å². The van der Waals surface area contributed by atoms with Crippen molar-refractivity contribution in [1.82, 2.24) is 14.6 Å². The lowest BCUT2D eigenvalue weighted by molar-refractivity contribution is 0.122. The average Bonchev–Trinajstić information content (AvgIpc) is 2.93. The van der Waals surface area contributed by atoms with E-state index in [1.54, 1.807) is 0 Å². The first-order valence-corrected chi connectivity index (χ1v) is 8.40. The van der Waals surface area contributed by atoms with E-state index in [9.17, 15) is 0 Å². The highest BCUT2D eigenvalue weighted by molar-refractivity contribution is 5.72. The van der Waals surface area contributed by atoms with Crippen LogP contribution in [0.25, 0.3) is 16.9 Å². The third-order valence-electron chi connectivity index (χ3n) is 4.59. The molecule has 0 amide bonds. The van der Waals surface area contributed by atoms with Gasteiger partial charge in [-0.1, -0.05) is 29.8 Å². The Morgan fingerprint density at radius 1 is 1.00 bits per heavy atom. The van der Waals surface area contributed by atoms with E-state index in [0.29, 0.717) is 0 Å². The maximum atomic E-state index is 5.49. The molecule has 3 aromatic rings. The summed E-state index contributed by atoms with van der Waals surface area (Å²) in [7, 11) is 0. The van der Waals surface area contributed by atoms with Crippen molar-refractivity contribution < 1.29 is 4.74 Å². The molecule has 24 heavy (non-hydrogen) atoms. The van der Waals surface area contributed by atoms with Crippen molar-refractivity contribution in [3.63, 3.8) is 0 Å². The summed E-state index contributed by atoms with van der Waals surface area (Å²) >= 11 is 0. The van der Waals surface area contributed by atoms with Crippen LogP contribution in [0.15, 0.2) is 30.3 Å². The van der Waals surface area contributed by atoms with Gasteiger partial charge in [-0.2, -0.15) is 9.61 Å². The van der Waals surface area contributed by atoms with Gasteiger partial charge in [0.25, 0.3) is 0 Å². The fourth-order valence-electron chi connectivity index (χ4n) is 3.23. The van der Waals surface area contributed by atoms with E-state index in [4.69, 9.17) is 14.8 Å². The largest absolute Gasteiger partial charge is 0.378 e. The van der Waals surface area contributed by atoms with E-state index in [1.807, 2.05) is 11.4 Å². The summed E-state index contributed by atoms with van der Waals surface area (Å²) in [4.78, 5) is 7.07. The quantitative estimate of drug-likeness (QED) is 0.727. The minimum Gasteiger partial charge on any atom is -0.378 e. The summed E-state index contributed by atoms with van der Waals surface area (Å²) in [6, 6.07) is 10.6. The second-order valence-corrected chi connectivity index (χ2v) is 6.43. The first kappa shape index (κ1) is 15.1. The van der Waals surface area contributed by atoms with Crippen molar-refractivity contribution >= 4 is 11.5 Å². The van der Waals surface area contributed by atoms with Crippen LogP contribution in [-0.4, -0.2) is 40.9 Å². The molecule has 0 unspecified atom stereocenters. The molecule has 5 heteroatoms. The van der Waals surface area contributed by atoms with Crippen LogP contribution in [0, 0.1) is 20.8 Å². The number of hydrogen-bond acceptors (Lipinski definition) is 4. The van der Waals surface area contributed by atoms with Crippen LogP contribution in [0.5, 0.6) is 0 Å². The normalized spacial score (nSPS) is 15.2. The van der Waals surface area contributed by atoms with Crippen LogP contribution < -0.4 is 4.90 Å². The third-order valence-corrected chi connectivity index (χ3v) is 4.59. The lowest BCUT2D eigenvalue weighted by atomic mass is 10.1. The molecule has 2 aromatic heterocycles. The van der Waals surface area contributed by atoms with Gasteiger partial charge in [-0.15, -0.1) is 0 Å². The number of rotatable bonds is 2. The number of hydrogen-bond donors (Lipinski definition) is 0. The summed E-state index contributed by atoms with van der Waals surface area (Å²) < 4.78 is 7.47. The van der Waals surface area contributed by atoms with E-state index >= 15 is 0 Å². The predicted octanol–water partition coefficient (Wildman–Crippen LogP) is 3.16. The molecule has 1 aliphatic rings. The molecule has 0 N–H and O–H groups in total. The molecule has 1 saturated heterocycles. The highest BCUT2D eigenvalue weighted by atomic mass is 16.5. The van der Waals surface area contributed by atoms with E-state index in [2.05, 4.69) is 49.1 Å². The Morgan fingerprint density at radius 3 is 2.42 bits per heavy atom. The van der Waals surface area contributed by atoms with Gasteiger partial charge in [0.2, 0.25) is 0 Å². The molecule has 1 fully saturated rings. The first-order valence-electron chi connectivity index (χ1n) is 8.40. The molecule has 124 valence electrons. The van der Waals surface area contributed by atoms with Gasteiger partial charge in [0, 0.05) is 36.0 Å². The van der Waals surface area contributed by atoms with Gasteiger partial charge in [-0.3, -0.25) is 0 Å². The highest BCUT2D eigenvalue weighted by Crippen LogP contribution is 2.28. The van der Waals surface area contributed by atoms with Gasteiger partial charge in [-0.25, -0.2) is 4.98 Å². The van der Waals surface area contributed by atoms with Gasteiger partial charge in [-0.05, 0) is 20.8 Å². The van der Waals surface area contributed by atoms with Crippen LogP contribution >= 0.6 is 0 Å². The summed E-state index contributed by atoms with van der Waals surface area (Å²) in [5.74, 6) is 1.10. The fourth-order valence-corrected chi connectivity index (χ4v) is 3.23. The number of aryl methyl sites for hydroxylation is 3. The maximum absolute atomic E-state index is 5.49. The molecule has 3 heterocycles. The van der Waals surface area contributed by atoms with Crippen molar-refractivity contribution in [3.05, 3.63) is 47.2 Å². The number of benzene rings is 1. The Hall–Kier alpha value is -2.40. The van der Waals surface area contributed by atoms with E-state index in [-0.39, 0.29) is 0 Å². The zero-order chi connectivity index (χ0) is 16.7. The highest BCUT2D eigenvalue weighted by Gasteiger charge is 2.19. The number of ether oxygens (including phenoxy) is 1. The number of morpholine rings is 1. The molecular formula is C19H22N4O. The molecule has 0 bridgehead atoms.